The van der Waals surface area contributed by atoms with Gasteiger partial charge in [-0.05, 0) is 32.9 Å². The van der Waals surface area contributed by atoms with E-state index in [9.17, 15) is 9.59 Å². The Hall–Kier alpha value is -2.97. The van der Waals surface area contributed by atoms with Crippen LogP contribution in [-0.2, 0) is 4.79 Å². The second kappa shape index (κ2) is 9.03. The Labute approximate surface area is 188 Å². The molecule has 0 spiro atoms. The number of amides is 1. The maximum atomic E-state index is 13.0. The molecule has 6 nitrogen and oxygen atoms in total. The van der Waals surface area contributed by atoms with E-state index in [2.05, 4.69) is 15.3 Å². The van der Waals surface area contributed by atoms with Crippen LogP contribution in [0.2, 0.25) is 0 Å². The van der Waals surface area contributed by atoms with E-state index in [0.717, 1.165) is 11.3 Å². The highest BCUT2D eigenvalue weighted by Crippen LogP contribution is 2.28. The summed E-state index contributed by atoms with van der Waals surface area (Å²) in [6.07, 6.45) is 0. The molecule has 158 valence electrons. The molecule has 0 fully saturated rings. The van der Waals surface area contributed by atoms with Gasteiger partial charge in [-0.3, -0.25) is 14.2 Å². The fraction of sp³-hybridized carbons (Fsp3) is 0.217. The van der Waals surface area contributed by atoms with Crippen molar-refractivity contribution in [3.63, 3.8) is 0 Å². The number of rotatable bonds is 6. The molecule has 2 aromatic heterocycles. The minimum absolute atomic E-state index is 0.0743. The molecule has 0 bridgehead atoms. The van der Waals surface area contributed by atoms with Crippen LogP contribution < -0.4 is 10.9 Å². The standard InChI is InChI=1S/C23H22N4O2S2/c1-14(2)27-21(29)17-11-7-8-12-18(17)25-23(27)31-15(3)20(28)26-22-24-19(13-30-22)16-9-5-4-6-10-16/h4-15H,1-3H3,(H,24,26,28)/t15-/m1/s1. The summed E-state index contributed by atoms with van der Waals surface area (Å²) in [7, 11) is 0. The molecule has 31 heavy (non-hydrogen) atoms. The van der Waals surface area contributed by atoms with Gasteiger partial charge in [0.2, 0.25) is 5.91 Å². The molecule has 1 atom stereocenters. The zero-order chi connectivity index (χ0) is 22.0. The Morgan fingerprint density at radius 2 is 1.74 bits per heavy atom. The van der Waals surface area contributed by atoms with Gasteiger partial charge in [0.15, 0.2) is 10.3 Å². The predicted octanol–water partition coefficient (Wildman–Crippen LogP) is 5.22. The van der Waals surface area contributed by atoms with Crippen molar-refractivity contribution in [3.05, 3.63) is 70.3 Å². The lowest BCUT2D eigenvalue weighted by molar-refractivity contribution is -0.115. The van der Waals surface area contributed by atoms with Gasteiger partial charge in [-0.25, -0.2) is 9.97 Å². The molecule has 8 heteroatoms. The Bertz CT molecular complexity index is 1280. The summed E-state index contributed by atoms with van der Waals surface area (Å²) in [4.78, 5) is 35.0. The highest BCUT2D eigenvalue weighted by atomic mass is 32.2. The molecule has 0 saturated heterocycles. The average molecular weight is 451 g/mol. The van der Waals surface area contributed by atoms with Crippen LogP contribution in [0.4, 0.5) is 5.13 Å². The van der Waals surface area contributed by atoms with Gasteiger partial charge >= 0.3 is 0 Å². The van der Waals surface area contributed by atoms with E-state index in [1.54, 1.807) is 17.6 Å². The van der Waals surface area contributed by atoms with Crippen molar-refractivity contribution in [3.8, 4) is 11.3 Å². The molecule has 2 aromatic carbocycles. The summed E-state index contributed by atoms with van der Waals surface area (Å²) >= 11 is 2.66. The summed E-state index contributed by atoms with van der Waals surface area (Å²) < 4.78 is 1.65. The number of benzene rings is 2. The number of para-hydroxylation sites is 1. The molecular weight excluding hydrogens is 428 g/mol. The second-order valence-electron chi connectivity index (χ2n) is 7.33. The van der Waals surface area contributed by atoms with Crippen LogP contribution in [0.15, 0.2) is 69.9 Å². The van der Waals surface area contributed by atoms with Gasteiger partial charge < -0.3 is 5.32 Å². The Morgan fingerprint density at radius 3 is 2.48 bits per heavy atom. The number of carbonyl (C=O) groups is 1. The number of hydrogen-bond donors (Lipinski definition) is 1. The van der Waals surface area contributed by atoms with Crippen molar-refractivity contribution in [2.45, 2.75) is 37.2 Å². The van der Waals surface area contributed by atoms with Crippen molar-refractivity contribution in [2.75, 3.05) is 5.32 Å². The van der Waals surface area contributed by atoms with Crippen molar-refractivity contribution in [2.24, 2.45) is 0 Å². The van der Waals surface area contributed by atoms with Crippen LogP contribution in [-0.4, -0.2) is 25.7 Å². The van der Waals surface area contributed by atoms with Crippen LogP contribution >= 0.6 is 23.1 Å². The first-order valence-corrected chi connectivity index (χ1v) is 11.7. The van der Waals surface area contributed by atoms with Gasteiger partial charge in [-0.2, -0.15) is 0 Å². The lowest BCUT2D eigenvalue weighted by atomic mass is 10.2. The van der Waals surface area contributed by atoms with Crippen LogP contribution in [0.25, 0.3) is 22.2 Å². The molecule has 1 N–H and O–H groups in total. The SMILES string of the molecule is CC(C)n1c(S[C@H](C)C(=O)Nc2nc(-c3ccccc3)cs2)nc2ccccc2c1=O. The molecule has 1 amide bonds. The quantitative estimate of drug-likeness (QED) is 0.322. The summed E-state index contributed by atoms with van der Waals surface area (Å²) in [5.41, 5.74) is 2.36. The summed E-state index contributed by atoms with van der Waals surface area (Å²) in [5.74, 6) is -0.184. The second-order valence-corrected chi connectivity index (χ2v) is 9.50. The first-order valence-electron chi connectivity index (χ1n) is 9.94. The lowest BCUT2D eigenvalue weighted by Crippen LogP contribution is -2.28. The maximum Gasteiger partial charge on any atom is 0.262 e. The van der Waals surface area contributed by atoms with Crippen LogP contribution in [0.5, 0.6) is 0 Å². The van der Waals surface area contributed by atoms with Crippen molar-refractivity contribution < 1.29 is 4.79 Å². The van der Waals surface area contributed by atoms with E-state index in [1.807, 2.05) is 67.8 Å². The topological polar surface area (TPSA) is 76.9 Å². The predicted molar refractivity (Wildman–Crippen MR) is 128 cm³/mol. The number of aromatic nitrogens is 3. The van der Waals surface area contributed by atoms with E-state index in [1.165, 1.54) is 23.1 Å². The number of nitrogens with zero attached hydrogens (tertiary/aromatic N) is 3. The highest BCUT2D eigenvalue weighted by Gasteiger charge is 2.21. The van der Waals surface area contributed by atoms with Gasteiger partial charge in [-0.1, -0.05) is 54.2 Å². The van der Waals surface area contributed by atoms with Gasteiger partial charge in [-0.15, -0.1) is 11.3 Å². The van der Waals surface area contributed by atoms with Crippen LogP contribution in [0.1, 0.15) is 26.8 Å². The minimum atomic E-state index is -0.456. The fourth-order valence-corrected chi connectivity index (χ4v) is 4.92. The fourth-order valence-electron chi connectivity index (χ4n) is 3.16. The number of thioether (sulfide) groups is 1. The van der Waals surface area contributed by atoms with Crippen LogP contribution in [0, 0.1) is 0 Å². The molecule has 0 saturated carbocycles. The lowest BCUT2D eigenvalue weighted by Gasteiger charge is -2.18. The van der Waals surface area contributed by atoms with Crippen molar-refractivity contribution in [1.29, 1.82) is 0 Å². The molecule has 4 rings (SSSR count). The Morgan fingerprint density at radius 1 is 1.03 bits per heavy atom. The molecular formula is C23H22N4O2S2. The third-order valence-corrected chi connectivity index (χ3v) is 6.57. The number of fused-ring (bicyclic) bond motifs is 1. The number of carbonyl (C=O) groups excluding carboxylic acids is 1. The van der Waals surface area contributed by atoms with E-state index in [0.29, 0.717) is 21.2 Å². The maximum absolute atomic E-state index is 13.0. The molecule has 0 radical (unpaired) electrons. The third-order valence-electron chi connectivity index (χ3n) is 4.75. The molecule has 0 unspecified atom stereocenters. The number of anilines is 1. The first kappa shape index (κ1) is 21.3. The number of thiazole rings is 1. The average Bonchev–Trinajstić information content (AvgIpc) is 3.22. The Kier molecular flexibility index (Phi) is 6.20. The molecule has 0 aliphatic heterocycles. The largest absolute Gasteiger partial charge is 0.301 e. The zero-order valence-electron chi connectivity index (χ0n) is 17.4. The van der Waals surface area contributed by atoms with E-state index < -0.39 is 5.25 Å². The summed E-state index contributed by atoms with van der Waals surface area (Å²) in [5, 5.41) is 6.01. The minimum Gasteiger partial charge on any atom is -0.301 e. The third kappa shape index (κ3) is 4.55. The number of nitrogens with one attached hydrogen (secondary N) is 1. The van der Waals surface area contributed by atoms with Crippen molar-refractivity contribution >= 4 is 45.0 Å². The van der Waals surface area contributed by atoms with E-state index >= 15 is 0 Å². The van der Waals surface area contributed by atoms with Gasteiger partial charge in [0, 0.05) is 17.0 Å². The molecule has 2 heterocycles. The number of hydrogen-bond acceptors (Lipinski definition) is 6. The van der Waals surface area contributed by atoms with Gasteiger partial charge in [0.05, 0.1) is 21.8 Å². The summed E-state index contributed by atoms with van der Waals surface area (Å²) in [6.45, 7) is 5.68. The van der Waals surface area contributed by atoms with Crippen molar-refractivity contribution in [1.82, 2.24) is 14.5 Å². The normalized spacial score (nSPS) is 12.3. The van der Waals surface area contributed by atoms with Gasteiger partial charge in [0.25, 0.3) is 5.56 Å². The summed E-state index contributed by atoms with van der Waals surface area (Å²) in [6, 6.07) is 17.0. The first-order chi connectivity index (χ1) is 14.9. The van der Waals surface area contributed by atoms with E-state index in [4.69, 9.17) is 0 Å². The van der Waals surface area contributed by atoms with Crippen LogP contribution in [0.3, 0.4) is 0 Å². The van der Waals surface area contributed by atoms with Gasteiger partial charge in [0.1, 0.15) is 0 Å². The molecule has 4 aromatic rings. The highest BCUT2D eigenvalue weighted by molar-refractivity contribution is 8.00. The Balaban J connectivity index is 1.54. The zero-order valence-corrected chi connectivity index (χ0v) is 19.0. The van der Waals surface area contributed by atoms with E-state index in [-0.39, 0.29) is 17.5 Å². The smallest absolute Gasteiger partial charge is 0.262 e. The monoisotopic (exact) mass is 450 g/mol. The molecule has 0 aliphatic rings. The molecule has 0 aliphatic carbocycles.